The highest BCUT2D eigenvalue weighted by atomic mass is 16.3. The second-order valence-corrected chi connectivity index (χ2v) is 6.61. The van der Waals surface area contributed by atoms with Gasteiger partial charge in [-0.1, -0.05) is 18.9 Å². The number of piperidine rings is 1. The zero-order valence-electron chi connectivity index (χ0n) is 12.8. The van der Waals surface area contributed by atoms with Crippen LogP contribution in [0, 0.1) is 17.7 Å². The van der Waals surface area contributed by atoms with Crippen LogP contribution in [0.25, 0.3) is 0 Å². The SMILES string of the molecule is Cc1ccc(N=O)c(N)c1CN1CCCC2CCCCC21. The standard InChI is InChI=1S/C17H25N3O/c1-12-8-9-15(19-21)17(18)14(12)11-20-10-4-6-13-5-2-3-7-16(13)20/h8-9,13,16H,2-7,10-11,18H2,1H3. The van der Waals surface area contributed by atoms with Crippen molar-refractivity contribution >= 4 is 11.4 Å². The predicted molar refractivity (Wildman–Crippen MR) is 86.4 cm³/mol. The van der Waals surface area contributed by atoms with E-state index in [0.717, 1.165) is 30.1 Å². The van der Waals surface area contributed by atoms with E-state index in [1.165, 1.54) is 38.5 Å². The number of rotatable bonds is 3. The molecule has 1 aliphatic carbocycles. The number of fused-ring (bicyclic) bond motifs is 1. The summed E-state index contributed by atoms with van der Waals surface area (Å²) >= 11 is 0. The lowest BCUT2D eigenvalue weighted by molar-refractivity contribution is 0.0547. The molecule has 3 rings (SSSR count). The molecular formula is C17H25N3O. The topological polar surface area (TPSA) is 58.7 Å². The lowest BCUT2D eigenvalue weighted by Crippen LogP contribution is -2.46. The normalized spacial score (nSPS) is 26.3. The predicted octanol–water partition coefficient (Wildman–Crippen LogP) is 4.13. The van der Waals surface area contributed by atoms with Gasteiger partial charge in [0.15, 0.2) is 0 Å². The highest BCUT2D eigenvalue weighted by molar-refractivity contribution is 5.68. The monoisotopic (exact) mass is 287 g/mol. The number of hydrogen-bond donors (Lipinski definition) is 1. The molecule has 1 saturated heterocycles. The second-order valence-electron chi connectivity index (χ2n) is 6.61. The van der Waals surface area contributed by atoms with Crippen molar-refractivity contribution in [2.24, 2.45) is 11.1 Å². The summed E-state index contributed by atoms with van der Waals surface area (Å²) in [4.78, 5) is 13.5. The van der Waals surface area contributed by atoms with Gasteiger partial charge in [-0.2, -0.15) is 0 Å². The molecule has 2 atom stereocenters. The first-order chi connectivity index (χ1) is 10.2. The molecule has 1 aliphatic heterocycles. The van der Waals surface area contributed by atoms with Crippen LogP contribution in [0.1, 0.15) is 49.7 Å². The Morgan fingerprint density at radius 1 is 1.24 bits per heavy atom. The van der Waals surface area contributed by atoms with Gasteiger partial charge in [-0.25, -0.2) is 0 Å². The average Bonchev–Trinajstić information content (AvgIpc) is 2.52. The molecule has 4 nitrogen and oxygen atoms in total. The van der Waals surface area contributed by atoms with Crippen LogP contribution in [-0.2, 0) is 6.54 Å². The molecule has 4 heteroatoms. The number of benzene rings is 1. The van der Waals surface area contributed by atoms with E-state index in [1.54, 1.807) is 6.07 Å². The molecule has 21 heavy (non-hydrogen) atoms. The number of aryl methyl sites for hydroxylation is 1. The molecule has 1 aromatic carbocycles. The van der Waals surface area contributed by atoms with E-state index in [2.05, 4.69) is 17.0 Å². The number of nitrogen functional groups attached to an aromatic ring is 1. The fraction of sp³-hybridized carbons (Fsp3) is 0.647. The molecule has 1 saturated carbocycles. The first-order valence-corrected chi connectivity index (χ1v) is 8.16. The third-order valence-corrected chi connectivity index (χ3v) is 5.39. The van der Waals surface area contributed by atoms with Crippen molar-refractivity contribution in [1.29, 1.82) is 0 Å². The van der Waals surface area contributed by atoms with E-state index < -0.39 is 0 Å². The van der Waals surface area contributed by atoms with Crippen LogP contribution in [0.3, 0.4) is 0 Å². The summed E-state index contributed by atoms with van der Waals surface area (Å²) in [6, 6.07) is 4.39. The maximum absolute atomic E-state index is 10.9. The first kappa shape index (κ1) is 14.5. The van der Waals surface area contributed by atoms with Crippen molar-refractivity contribution in [1.82, 2.24) is 4.90 Å². The maximum Gasteiger partial charge on any atom is 0.131 e. The highest BCUT2D eigenvalue weighted by Crippen LogP contribution is 2.37. The number of hydrogen-bond acceptors (Lipinski definition) is 4. The lowest BCUT2D eigenvalue weighted by Gasteiger charge is -2.44. The van der Waals surface area contributed by atoms with E-state index in [4.69, 9.17) is 5.73 Å². The number of nitrogens with zero attached hydrogens (tertiary/aromatic N) is 2. The van der Waals surface area contributed by atoms with Gasteiger partial charge in [0.1, 0.15) is 5.69 Å². The van der Waals surface area contributed by atoms with Gasteiger partial charge in [0.2, 0.25) is 0 Å². The van der Waals surface area contributed by atoms with Crippen molar-refractivity contribution in [3.8, 4) is 0 Å². The first-order valence-electron chi connectivity index (χ1n) is 8.16. The van der Waals surface area contributed by atoms with Crippen molar-refractivity contribution in [3.05, 3.63) is 28.2 Å². The Balaban J connectivity index is 1.84. The third kappa shape index (κ3) is 2.82. The fourth-order valence-corrected chi connectivity index (χ4v) is 4.18. The van der Waals surface area contributed by atoms with Gasteiger partial charge in [0, 0.05) is 12.6 Å². The van der Waals surface area contributed by atoms with Crippen LogP contribution < -0.4 is 5.73 Å². The van der Waals surface area contributed by atoms with Crippen molar-refractivity contribution in [2.45, 2.75) is 58.0 Å². The quantitative estimate of drug-likeness (QED) is 0.671. The van der Waals surface area contributed by atoms with Gasteiger partial charge >= 0.3 is 0 Å². The van der Waals surface area contributed by atoms with Crippen LogP contribution in [-0.4, -0.2) is 17.5 Å². The summed E-state index contributed by atoms with van der Waals surface area (Å²) in [5, 5.41) is 3.05. The van der Waals surface area contributed by atoms with E-state index in [9.17, 15) is 4.91 Å². The van der Waals surface area contributed by atoms with Crippen LogP contribution in [0.2, 0.25) is 0 Å². The third-order valence-electron chi connectivity index (χ3n) is 5.39. The fourth-order valence-electron chi connectivity index (χ4n) is 4.18. The smallest absolute Gasteiger partial charge is 0.131 e. The Morgan fingerprint density at radius 3 is 2.81 bits per heavy atom. The lowest BCUT2D eigenvalue weighted by atomic mass is 9.78. The van der Waals surface area contributed by atoms with E-state index in [0.29, 0.717) is 17.4 Å². The van der Waals surface area contributed by atoms with E-state index in [-0.39, 0.29) is 0 Å². The van der Waals surface area contributed by atoms with Gasteiger partial charge in [-0.3, -0.25) is 4.90 Å². The minimum Gasteiger partial charge on any atom is -0.397 e. The minimum absolute atomic E-state index is 0.382. The van der Waals surface area contributed by atoms with Crippen LogP contribution in [0.4, 0.5) is 11.4 Å². The van der Waals surface area contributed by atoms with Crippen LogP contribution in [0.5, 0.6) is 0 Å². The Kier molecular flexibility index (Phi) is 4.24. The van der Waals surface area contributed by atoms with E-state index >= 15 is 0 Å². The minimum atomic E-state index is 0.382. The Labute approximate surface area is 126 Å². The summed E-state index contributed by atoms with van der Waals surface area (Å²) in [5.74, 6) is 0.862. The van der Waals surface area contributed by atoms with Crippen LogP contribution >= 0.6 is 0 Å². The van der Waals surface area contributed by atoms with Gasteiger partial charge in [0.25, 0.3) is 0 Å². The molecule has 2 unspecified atom stereocenters. The van der Waals surface area contributed by atoms with Gasteiger partial charge in [-0.15, -0.1) is 4.91 Å². The average molecular weight is 287 g/mol. The molecule has 1 aromatic rings. The highest BCUT2D eigenvalue weighted by Gasteiger charge is 2.33. The Morgan fingerprint density at radius 2 is 2.00 bits per heavy atom. The summed E-state index contributed by atoms with van der Waals surface area (Å²) in [5.41, 5.74) is 9.37. The molecule has 0 bridgehead atoms. The summed E-state index contributed by atoms with van der Waals surface area (Å²) in [7, 11) is 0. The summed E-state index contributed by atoms with van der Waals surface area (Å²) in [6.07, 6.45) is 8.10. The molecule has 114 valence electrons. The van der Waals surface area contributed by atoms with Crippen molar-refractivity contribution in [3.63, 3.8) is 0 Å². The van der Waals surface area contributed by atoms with Gasteiger partial charge in [-0.05, 0) is 67.4 Å². The van der Waals surface area contributed by atoms with Crippen molar-refractivity contribution in [2.75, 3.05) is 12.3 Å². The molecule has 0 radical (unpaired) electrons. The van der Waals surface area contributed by atoms with Gasteiger partial charge < -0.3 is 5.73 Å². The molecule has 2 aliphatic rings. The molecule has 0 aromatic heterocycles. The summed E-state index contributed by atoms with van der Waals surface area (Å²) in [6.45, 7) is 4.09. The molecule has 2 N–H and O–H groups in total. The zero-order valence-corrected chi connectivity index (χ0v) is 12.8. The molecule has 1 heterocycles. The number of nitroso groups, excluding NO2 is 1. The molecule has 0 amide bonds. The van der Waals surface area contributed by atoms with Crippen LogP contribution in [0.15, 0.2) is 17.3 Å². The Hall–Kier alpha value is -1.42. The molecule has 0 spiro atoms. The largest absolute Gasteiger partial charge is 0.397 e. The second kappa shape index (κ2) is 6.14. The summed E-state index contributed by atoms with van der Waals surface area (Å²) < 4.78 is 0. The zero-order chi connectivity index (χ0) is 14.8. The number of likely N-dealkylation sites (tertiary alicyclic amines) is 1. The van der Waals surface area contributed by atoms with E-state index in [1.807, 2.05) is 6.07 Å². The molecule has 2 fully saturated rings. The van der Waals surface area contributed by atoms with Gasteiger partial charge in [0.05, 0.1) is 5.69 Å². The number of anilines is 1. The number of nitrogens with two attached hydrogens (primary N) is 1. The molecular weight excluding hydrogens is 262 g/mol. The maximum atomic E-state index is 10.9. The van der Waals surface area contributed by atoms with Crippen molar-refractivity contribution < 1.29 is 0 Å². The Bertz CT molecular complexity index is 527.